The van der Waals surface area contributed by atoms with Crippen molar-refractivity contribution >= 4 is 11.8 Å². The first kappa shape index (κ1) is 18.1. The van der Waals surface area contributed by atoms with E-state index in [1.54, 1.807) is 10.9 Å². The van der Waals surface area contributed by atoms with Gasteiger partial charge >= 0.3 is 0 Å². The number of nitrogens with two attached hydrogens (primary N) is 1. The van der Waals surface area contributed by atoms with Crippen molar-refractivity contribution in [3.8, 4) is 5.69 Å². The Balaban J connectivity index is 1.92. The van der Waals surface area contributed by atoms with Crippen LogP contribution in [0.15, 0.2) is 36.5 Å². The van der Waals surface area contributed by atoms with E-state index >= 15 is 0 Å². The maximum Gasteiger partial charge on any atom is 0.254 e. The predicted molar refractivity (Wildman–Crippen MR) is 99.2 cm³/mol. The third kappa shape index (κ3) is 4.11. The molecule has 1 aliphatic heterocycles. The molecule has 138 valence electrons. The van der Waals surface area contributed by atoms with Crippen molar-refractivity contribution in [2.45, 2.75) is 25.7 Å². The zero-order chi connectivity index (χ0) is 18.5. The lowest BCUT2D eigenvalue weighted by molar-refractivity contribution is -0.119. The standard InChI is InChI=1S/C19H25N5O2/c1-2-21-19(26)16-12-24(15-8-4-3-5-9-15)22-18(16)14-7-6-10-23(11-14)13-17(20)25/h3-5,8-9,12,14H,2,6-7,10-11,13H2,1H3,(H2,20,25)(H,21,26). The summed E-state index contributed by atoms with van der Waals surface area (Å²) in [6, 6.07) is 9.74. The molecule has 1 atom stereocenters. The highest BCUT2D eigenvalue weighted by Gasteiger charge is 2.28. The monoisotopic (exact) mass is 355 g/mol. The molecule has 0 spiro atoms. The van der Waals surface area contributed by atoms with E-state index in [1.165, 1.54) is 0 Å². The molecule has 0 aliphatic carbocycles. The van der Waals surface area contributed by atoms with E-state index in [4.69, 9.17) is 10.8 Å². The second-order valence-electron chi connectivity index (χ2n) is 6.61. The summed E-state index contributed by atoms with van der Waals surface area (Å²) in [6.07, 6.45) is 3.68. The van der Waals surface area contributed by atoms with Gasteiger partial charge in [0.2, 0.25) is 5.91 Å². The smallest absolute Gasteiger partial charge is 0.254 e. The van der Waals surface area contributed by atoms with Gasteiger partial charge < -0.3 is 11.1 Å². The molecule has 7 heteroatoms. The number of hydrogen-bond acceptors (Lipinski definition) is 4. The Bertz CT molecular complexity index is 771. The number of likely N-dealkylation sites (tertiary alicyclic amines) is 1. The number of aromatic nitrogens is 2. The predicted octanol–water partition coefficient (Wildman–Crippen LogP) is 1.29. The van der Waals surface area contributed by atoms with Gasteiger partial charge in [-0.05, 0) is 38.4 Å². The van der Waals surface area contributed by atoms with Crippen molar-refractivity contribution in [3.63, 3.8) is 0 Å². The maximum atomic E-state index is 12.6. The number of para-hydroxylation sites is 1. The van der Waals surface area contributed by atoms with E-state index < -0.39 is 0 Å². The largest absolute Gasteiger partial charge is 0.369 e. The number of piperidine rings is 1. The molecule has 1 fully saturated rings. The van der Waals surface area contributed by atoms with Crippen LogP contribution in [-0.4, -0.2) is 52.7 Å². The Kier molecular flexibility index (Phi) is 5.68. The van der Waals surface area contributed by atoms with Crippen molar-refractivity contribution in [3.05, 3.63) is 47.8 Å². The summed E-state index contributed by atoms with van der Waals surface area (Å²) in [5, 5.41) is 7.60. The highest BCUT2D eigenvalue weighted by molar-refractivity contribution is 5.95. The van der Waals surface area contributed by atoms with Crippen molar-refractivity contribution in [2.24, 2.45) is 5.73 Å². The second kappa shape index (κ2) is 8.14. The number of benzene rings is 1. The molecule has 1 saturated heterocycles. The van der Waals surface area contributed by atoms with Gasteiger partial charge in [-0.2, -0.15) is 5.10 Å². The third-order valence-corrected chi connectivity index (χ3v) is 4.62. The lowest BCUT2D eigenvalue weighted by Crippen LogP contribution is -2.40. The minimum absolute atomic E-state index is 0.102. The summed E-state index contributed by atoms with van der Waals surface area (Å²) >= 11 is 0. The molecule has 7 nitrogen and oxygen atoms in total. The number of nitrogens with one attached hydrogen (secondary N) is 1. The van der Waals surface area contributed by atoms with Gasteiger partial charge in [0.25, 0.3) is 5.91 Å². The number of carbonyl (C=O) groups is 2. The van der Waals surface area contributed by atoms with Crippen LogP contribution in [0.1, 0.15) is 41.7 Å². The van der Waals surface area contributed by atoms with Crippen LogP contribution in [0.25, 0.3) is 5.69 Å². The summed E-state index contributed by atoms with van der Waals surface area (Å²) in [7, 11) is 0. The SMILES string of the molecule is CCNC(=O)c1cn(-c2ccccc2)nc1C1CCCN(CC(N)=O)C1. The fourth-order valence-electron chi connectivity index (χ4n) is 3.48. The van der Waals surface area contributed by atoms with Gasteiger partial charge in [0.1, 0.15) is 0 Å². The van der Waals surface area contributed by atoms with Crippen LogP contribution in [0.4, 0.5) is 0 Å². The van der Waals surface area contributed by atoms with Gasteiger partial charge in [0.05, 0.1) is 23.5 Å². The zero-order valence-electron chi connectivity index (χ0n) is 15.0. The molecule has 0 bridgehead atoms. The summed E-state index contributed by atoms with van der Waals surface area (Å²) in [6.45, 7) is 4.23. The van der Waals surface area contributed by atoms with Crippen LogP contribution >= 0.6 is 0 Å². The number of primary amides is 1. The summed E-state index contributed by atoms with van der Waals surface area (Å²) in [4.78, 5) is 25.9. The number of amides is 2. The van der Waals surface area contributed by atoms with Gasteiger partial charge in [0, 0.05) is 25.2 Å². The van der Waals surface area contributed by atoms with Gasteiger partial charge in [-0.15, -0.1) is 0 Å². The van der Waals surface area contributed by atoms with Crippen molar-refractivity contribution in [1.82, 2.24) is 20.0 Å². The fourth-order valence-corrected chi connectivity index (χ4v) is 3.48. The normalized spacial score (nSPS) is 17.8. The molecule has 1 aliphatic rings. The Morgan fingerprint density at radius 2 is 2.08 bits per heavy atom. The third-order valence-electron chi connectivity index (χ3n) is 4.62. The summed E-state index contributed by atoms with van der Waals surface area (Å²) in [5.74, 6) is -0.341. The number of carbonyl (C=O) groups excluding carboxylic acids is 2. The molecule has 0 saturated carbocycles. The average molecular weight is 355 g/mol. The molecule has 3 N–H and O–H groups in total. The Labute approximate surface area is 153 Å². The van der Waals surface area contributed by atoms with Crippen LogP contribution in [0.5, 0.6) is 0 Å². The van der Waals surface area contributed by atoms with E-state index in [2.05, 4.69) is 5.32 Å². The average Bonchev–Trinajstić information content (AvgIpc) is 3.08. The fraction of sp³-hybridized carbons (Fsp3) is 0.421. The Morgan fingerprint density at radius 3 is 2.77 bits per heavy atom. The first-order chi connectivity index (χ1) is 12.6. The first-order valence-corrected chi connectivity index (χ1v) is 9.02. The molecule has 2 amide bonds. The quantitative estimate of drug-likeness (QED) is 0.816. The maximum absolute atomic E-state index is 12.6. The summed E-state index contributed by atoms with van der Waals surface area (Å²) < 4.78 is 1.76. The molecule has 3 rings (SSSR count). The molecule has 2 aromatic rings. The van der Waals surface area contributed by atoms with E-state index in [9.17, 15) is 9.59 Å². The molecule has 26 heavy (non-hydrogen) atoms. The van der Waals surface area contributed by atoms with E-state index in [-0.39, 0.29) is 24.3 Å². The molecule has 1 unspecified atom stereocenters. The van der Waals surface area contributed by atoms with Crippen LogP contribution in [0.3, 0.4) is 0 Å². The Hall–Kier alpha value is -2.67. The zero-order valence-corrected chi connectivity index (χ0v) is 15.0. The van der Waals surface area contributed by atoms with Gasteiger partial charge in [0.15, 0.2) is 0 Å². The molecular formula is C19H25N5O2. The Morgan fingerprint density at radius 1 is 1.31 bits per heavy atom. The molecule has 0 radical (unpaired) electrons. The molecule has 1 aromatic carbocycles. The molecule has 2 heterocycles. The van der Waals surface area contributed by atoms with E-state index in [0.717, 1.165) is 30.8 Å². The first-order valence-electron chi connectivity index (χ1n) is 9.02. The minimum atomic E-state index is -0.329. The van der Waals surface area contributed by atoms with Crippen LogP contribution < -0.4 is 11.1 Å². The van der Waals surface area contributed by atoms with Gasteiger partial charge in [-0.3, -0.25) is 14.5 Å². The van der Waals surface area contributed by atoms with Gasteiger partial charge in [-0.25, -0.2) is 4.68 Å². The van der Waals surface area contributed by atoms with Crippen LogP contribution in [0.2, 0.25) is 0 Å². The molecular weight excluding hydrogens is 330 g/mol. The van der Waals surface area contributed by atoms with Crippen molar-refractivity contribution in [2.75, 3.05) is 26.2 Å². The second-order valence-corrected chi connectivity index (χ2v) is 6.61. The van der Waals surface area contributed by atoms with Crippen molar-refractivity contribution in [1.29, 1.82) is 0 Å². The van der Waals surface area contributed by atoms with Gasteiger partial charge in [-0.1, -0.05) is 18.2 Å². The van der Waals surface area contributed by atoms with E-state index in [0.29, 0.717) is 18.7 Å². The highest BCUT2D eigenvalue weighted by atomic mass is 16.2. The lowest BCUT2D eigenvalue weighted by atomic mass is 9.92. The number of rotatable bonds is 6. The topological polar surface area (TPSA) is 93.2 Å². The lowest BCUT2D eigenvalue weighted by Gasteiger charge is -2.31. The number of hydrogen-bond donors (Lipinski definition) is 2. The highest BCUT2D eigenvalue weighted by Crippen LogP contribution is 2.29. The molecule has 1 aromatic heterocycles. The number of nitrogens with zero attached hydrogens (tertiary/aromatic N) is 3. The van der Waals surface area contributed by atoms with E-state index in [1.807, 2.05) is 42.2 Å². The van der Waals surface area contributed by atoms with Crippen molar-refractivity contribution < 1.29 is 9.59 Å². The van der Waals surface area contributed by atoms with Crippen LogP contribution in [0, 0.1) is 0 Å². The van der Waals surface area contributed by atoms with Crippen LogP contribution in [-0.2, 0) is 4.79 Å². The summed E-state index contributed by atoms with van der Waals surface area (Å²) in [5.41, 5.74) is 7.64. The minimum Gasteiger partial charge on any atom is -0.369 e.